The van der Waals surface area contributed by atoms with Gasteiger partial charge in [0.1, 0.15) is 0 Å². The molecule has 0 atom stereocenters. The zero-order valence-electron chi connectivity index (χ0n) is 11.7. The van der Waals surface area contributed by atoms with Gasteiger partial charge in [0, 0.05) is 13.6 Å². The van der Waals surface area contributed by atoms with Crippen LogP contribution in [0.5, 0.6) is 0 Å². The van der Waals surface area contributed by atoms with Crippen molar-refractivity contribution in [3.63, 3.8) is 0 Å². The van der Waals surface area contributed by atoms with Gasteiger partial charge < -0.3 is 15.3 Å². The summed E-state index contributed by atoms with van der Waals surface area (Å²) in [6.07, 6.45) is 7.14. The molecule has 0 heterocycles. The molecule has 2 aliphatic carbocycles. The molecule has 0 unspecified atom stereocenters. The van der Waals surface area contributed by atoms with E-state index in [1.807, 2.05) is 0 Å². The second-order valence-electron chi connectivity index (χ2n) is 6.17. The number of hydrogen-bond donors (Lipinski definition) is 2. The van der Waals surface area contributed by atoms with Crippen LogP contribution in [0.4, 0.5) is 4.79 Å². The molecule has 2 N–H and O–H groups in total. The van der Waals surface area contributed by atoms with E-state index in [4.69, 9.17) is 5.11 Å². The van der Waals surface area contributed by atoms with Gasteiger partial charge in [0.2, 0.25) is 0 Å². The summed E-state index contributed by atoms with van der Waals surface area (Å²) in [5.41, 5.74) is -0.529. The lowest BCUT2D eigenvalue weighted by Crippen LogP contribution is -2.54. The van der Waals surface area contributed by atoms with E-state index in [0.29, 0.717) is 5.92 Å². The lowest BCUT2D eigenvalue weighted by molar-refractivity contribution is -0.139. The summed E-state index contributed by atoms with van der Waals surface area (Å²) in [5.74, 6) is -0.176. The number of carboxylic acid groups (broad SMARTS) is 1. The van der Waals surface area contributed by atoms with E-state index in [9.17, 15) is 9.59 Å². The molecule has 5 nitrogen and oxygen atoms in total. The van der Waals surface area contributed by atoms with Crippen LogP contribution in [-0.4, -0.2) is 41.1 Å². The summed E-state index contributed by atoms with van der Waals surface area (Å²) in [5, 5.41) is 12.1. The van der Waals surface area contributed by atoms with E-state index >= 15 is 0 Å². The number of amides is 2. The maximum Gasteiger partial charge on any atom is 0.317 e. The molecule has 108 valence electrons. The molecule has 0 aromatic rings. The van der Waals surface area contributed by atoms with Gasteiger partial charge in [0.05, 0.1) is 12.0 Å². The quantitative estimate of drug-likeness (QED) is 0.803. The van der Waals surface area contributed by atoms with Gasteiger partial charge in [-0.25, -0.2) is 4.79 Å². The average molecular weight is 268 g/mol. The molecule has 0 aliphatic heterocycles. The summed E-state index contributed by atoms with van der Waals surface area (Å²) < 4.78 is 0. The van der Waals surface area contributed by atoms with Crippen molar-refractivity contribution in [2.24, 2.45) is 5.92 Å². The molecule has 0 radical (unpaired) electrons. The third-order valence-corrected chi connectivity index (χ3v) is 4.25. The van der Waals surface area contributed by atoms with Crippen molar-refractivity contribution >= 4 is 12.0 Å². The van der Waals surface area contributed by atoms with E-state index < -0.39 is 11.5 Å². The molecule has 0 aromatic carbocycles. The predicted octanol–water partition coefficient (Wildman–Crippen LogP) is 2.22. The average Bonchev–Trinajstić information content (AvgIpc) is 3.12. The van der Waals surface area contributed by atoms with E-state index in [1.54, 1.807) is 11.9 Å². The molecule has 2 rings (SSSR count). The van der Waals surface area contributed by atoms with Gasteiger partial charge in [-0.3, -0.25) is 4.79 Å². The second kappa shape index (κ2) is 5.80. The van der Waals surface area contributed by atoms with Crippen LogP contribution in [0, 0.1) is 5.92 Å². The van der Waals surface area contributed by atoms with Crippen LogP contribution in [0.25, 0.3) is 0 Å². The van der Waals surface area contributed by atoms with Crippen LogP contribution in [0.3, 0.4) is 0 Å². The maximum absolute atomic E-state index is 12.2. The Labute approximate surface area is 114 Å². The van der Waals surface area contributed by atoms with E-state index in [-0.39, 0.29) is 12.5 Å². The predicted molar refractivity (Wildman–Crippen MR) is 72.0 cm³/mol. The molecule has 2 aliphatic rings. The number of carbonyl (C=O) groups is 2. The standard InChI is InChI=1S/C14H24N2O3/c1-16(10-11-5-6-11)13(19)15-14(9-12(17)18)7-3-2-4-8-14/h11H,2-10H2,1H3,(H,15,19)(H,17,18). The Bertz CT molecular complexity index is 347. The number of hydrogen-bond acceptors (Lipinski definition) is 2. The molecule has 2 amide bonds. The maximum atomic E-state index is 12.2. The molecule has 0 aromatic heterocycles. The number of nitrogens with zero attached hydrogens (tertiary/aromatic N) is 1. The minimum Gasteiger partial charge on any atom is -0.481 e. The van der Waals surface area contributed by atoms with Crippen molar-refractivity contribution in [2.75, 3.05) is 13.6 Å². The van der Waals surface area contributed by atoms with Gasteiger partial charge in [0.15, 0.2) is 0 Å². The molecule has 19 heavy (non-hydrogen) atoms. The molecule has 2 saturated carbocycles. The largest absolute Gasteiger partial charge is 0.481 e. The number of carbonyl (C=O) groups excluding carboxylic acids is 1. The van der Waals surface area contributed by atoms with E-state index in [0.717, 1.165) is 38.6 Å². The fraction of sp³-hybridized carbons (Fsp3) is 0.857. The normalized spacial score (nSPS) is 21.7. The van der Waals surface area contributed by atoms with Crippen molar-refractivity contribution in [2.45, 2.75) is 56.9 Å². The topological polar surface area (TPSA) is 69.6 Å². The van der Waals surface area contributed by atoms with Crippen LogP contribution >= 0.6 is 0 Å². The third-order valence-electron chi connectivity index (χ3n) is 4.25. The highest BCUT2D eigenvalue weighted by molar-refractivity contribution is 5.76. The highest BCUT2D eigenvalue weighted by Gasteiger charge is 2.37. The fourth-order valence-electron chi connectivity index (χ4n) is 2.96. The number of rotatable bonds is 5. The Kier molecular flexibility index (Phi) is 4.32. The van der Waals surface area contributed by atoms with Crippen LogP contribution in [0.15, 0.2) is 0 Å². The van der Waals surface area contributed by atoms with Crippen molar-refractivity contribution in [1.82, 2.24) is 10.2 Å². The van der Waals surface area contributed by atoms with E-state index in [2.05, 4.69) is 5.32 Å². The summed E-state index contributed by atoms with van der Waals surface area (Å²) >= 11 is 0. The first-order valence-corrected chi connectivity index (χ1v) is 7.26. The van der Waals surface area contributed by atoms with E-state index in [1.165, 1.54) is 12.8 Å². The highest BCUT2D eigenvalue weighted by atomic mass is 16.4. The zero-order valence-corrected chi connectivity index (χ0v) is 11.7. The highest BCUT2D eigenvalue weighted by Crippen LogP contribution is 2.32. The van der Waals surface area contributed by atoms with Crippen molar-refractivity contribution < 1.29 is 14.7 Å². The minimum absolute atomic E-state index is 0.0377. The second-order valence-corrected chi connectivity index (χ2v) is 6.17. The van der Waals surface area contributed by atoms with Gasteiger partial charge in [-0.2, -0.15) is 0 Å². The molecular formula is C14H24N2O3. The first-order valence-electron chi connectivity index (χ1n) is 7.26. The Hall–Kier alpha value is -1.26. The van der Waals surface area contributed by atoms with Crippen LogP contribution < -0.4 is 5.32 Å². The number of urea groups is 1. The summed E-state index contributed by atoms with van der Waals surface area (Å²) in [6, 6.07) is -0.116. The number of carboxylic acids is 1. The Morgan fingerprint density at radius 3 is 2.42 bits per heavy atom. The van der Waals surface area contributed by atoms with Gasteiger partial charge in [-0.1, -0.05) is 19.3 Å². The van der Waals surface area contributed by atoms with Gasteiger partial charge in [0.25, 0.3) is 0 Å². The smallest absolute Gasteiger partial charge is 0.317 e. The van der Waals surface area contributed by atoms with Gasteiger partial charge >= 0.3 is 12.0 Å². The monoisotopic (exact) mass is 268 g/mol. The lowest BCUT2D eigenvalue weighted by Gasteiger charge is -2.38. The molecule has 0 spiro atoms. The Morgan fingerprint density at radius 2 is 1.89 bits per heavy atom. The van der Waals surface area contributed by atoms with Crippen molar-refractivity contribution in [3.05, 3.63) is 0 Å². The molecule has 2 fully saturated rings. The number of nitrogens with one attached hydrogen (secondary N) is 1. The van der Waals surface area contributed by atoms with Crippen LogP contribution in [0.2, 0.25) is 0 Å². The molecule has 5 heteroatoms. The van der Waals surface area contributed by atoms with Crippen molar-refractivity contribution in [1.29, 1.82) is 0 Å². The summed E-state index contributed by atoms with van der Waals surface area (Å²) in [6.45, 7) is 0.787. The molecular weight excluding hydrogens is 244 g/mol. The van der Waals surface area contributed by atoms with Gasteiger partial charge in [-0.15, -0.1) is 0 Å². The van der Waals surface area contributed by atoms with Crippen LogP contribution in [-0.2, 0) is 4.79 Å². The minimum atomic E-state index is -0.827. The summed E-state index contributed by atoms with van der Waals surface area (Å²) in [7, 11) is 1.80. The summed E-state index contributed by atoms with van der Waals surface area (Å²) in [4.78, 5) is 24.9. The Morgan fingerprint density at radius 1 is 1.26 bits per heavy atom. The van der Waals surface area contributed by atoms with Crippen molar-refractivity contribution in [3.8, 4) is 0 Å². The molecule has 0 bridgehead atoms. The first kappa shape index (κ1) is 14.2. The zero-order chi connectivity index (χ0) is 13.9. The number of aliphatic carboxylic acids is 1. The van der Waals surface area contributed by atoms with Gasteiger partial charge in [-0.05, 0) is 31.6 Å². The van der Waals surface area contributed by atoms with Crippen LogP contribution in [0.1, 0.15) is 51.4 Å². The first-order chi connectivity index (χ1) is 9.01. The Balaban J connectivity index is 1.93. The third kappa shape index (κ3) is 4.11. The lowest BCUT2D eigenvalue weighted by atomic mass is 9.79. The SMILES string of the molecule is CN(CC1CC1)C(=O)NC1(CC(=O)O)CCCCC1. The fourth-order valence-corrected chi connectivity index (χ4v) is 2.96. The molecule has 0 saturated heterocycles.